The number of hydrogen-bond acceptors (Lipinski definition) is 4. The van der Waals surface area contributed by atoms with Gasteiger partial charge in [0.15, 0.2) is 5.65 Å². The minimum absolute atomic E-state index is 0.169. The maximum absolute atomic E-state index is 11.9. The Bertz CT molecular complexity index is 996. The summed E-state index contributed by atoms with van der Waals surface area (Å²) >= 11 is 0. The van der Waals surface area contributed by atoms with Crippen molar-refractivity contribution in [3.8, 4) is 0 Å². The van der Waals surface area contributed by atoms with E-state index in [2.05, 4.69) is 27.9 Å². The molecule has 2 atom stereocenters. The smallest absolute Gasteiger partial charge is 0.211 e. The molecule has 0 aromatic carbocycles. The van der Waals surface area contributed by atoms with Crippen LogP contribution in [0, 0.1) is 5.92 Å². The summed E-state index contributed by atoms with van der Waals surface area (Å²) in [4.78, 5) is 11.9. The third kappa shape index (κ3) is 2.31. The Labute approximate surface area is 134 Å². The topological polar surface area (TPSA) is 79.0 Å². The van der Waals surface area contributed by atoms with E-state index in [-0.39, 0.29) is 11.8 Å². The van der Waals surface area contributed by atoms with Gasteiger partial charge >= 0.3 is 0 Å². The van der Waals surface area contributed by atoms with Crippen LogP contribution in [0.15, 0.2) is 30.7 Å². The van der Waals surface area contributed by atoms with Gasteiger partial charge < -0.3 is 4.98 Å². The van der Waals surface area contributed by atoms with E-state index in [9.17, 15) is 8.42 Å². The van der Waals surface area contributed by atoms with Gasteiger partial charge in [-0.25, -0.2) is 22.7 Å². The van der Waals surface area contributed by atoms with Crippen LogP contribution in [0.25, 0.3) is 21.9 Å². The second-order valence-corrected chi connectivity index (χ2v) is 8.31. The Morgan fingerprint density at radius 2 is 2.09 bits per heavy atom. The molecular weight excluding hydrogens is 312 g/mol. The van der Waals surface area contributed by atoms with Gasteiger partial charge in [-0.05, 0) is 23.6 Å². The molecule has 0 bridgehead atoms. The first kappa shape index (κ1) is 14.6. The first-order valence-electron chi connectivity index (χ1n) is 7.61. The molecule has 0 spiro atoms. The Balaban J connectivity index is 1.91. The van der Waals surface area contributed by atoms with Gasteiger partial charge in [0, 0.05) is 42.2 Å². The van der Waals surface area contributed by atoms with Gasteiger partial charge in [-0.1, -0.05) is 6.92 Å². The van der Waals surface area contributed by atoms with E-state index in [0.717, 1.165) is 27.5 Å². The Morgan fingerprint density at radius 1 is 1.26 bits per heavy atom. The lowest BCUT2D eigenvalue weighted by atomic mass is 9.88. The lowest BCUT2D eigenvalue weighted by Gasteiger charge is -2.17. The molecule has 2 unspecified atom stereocenters. The van der Waals surface area contributed by atoms with Crippen molar-refractivity contribution in [2.45, 2.75) is 12.8 Å². The number of pyridine rings is 2. The van der Waals surface area contributed by atoms with Crippen molar-refractivity contribution >= 4 is 32.0 Å². The van der Waals surface area contributed by atoms with E-state index in [1.54, 1.807) is 16.7 Å². The van der Waals surface area contributed by atoms with Crippen LogP contribution in [0.1, 0.15) is 18.4 Å². The molecule has 1 saturated heterocycles. The predicted octanol–water partition coefficient (Wildman–Crippen LogP) is 2.11. The lowest BCUT2D eigenvalue weighted by molar-refractivity contribution is 0.469. The highest BCUT2D eigenvalue weighted by Crippen LogP contribution is 2.38. The van der Waals surface area contributed by atoms with Gasteiger partial charge in [0.2, 0.25) is 10.0 Å². The molecule has 4 rings (SSSR count). The van der Waals surface area contributed by atoms with E-state index in [4.69, 9.17) is 0 Å². The molecule has 7 heteroatoms. The molecule has 0 aliphatic carbocycles. The summed E-state index contributed by atoms with van der Waals surface area (Å²) in [5.41, 5.74) is 2.84. The molecular formula is C16H18N4O2S. The van der Waals surface area contributed by atoms with E-state index < -0.39 is 10.0 Å². The third-order valence-electron chi connectivity index (χ3n) is 4.77. The zero-order chi connectivity index (χ0) is 16.2. The van der Waals surface area contributed by atoms with Gasteiger partial charge in [-0.3, -0.25) is 0 Å². The molecule has 1 aliphatic rings. The average molecular weight is 330 g/mol. The lowest BCUT2D eigenvalue weighted by Crippen LogP contribution is -2.27. The monoisotopic (exact) mass is 330 g/mol. The zero-order valence-electron chi connectivity index (χ0n) is 13.0. The molecule has 23 heavy (non-hydrogen) atoms. The van der Waals surface area contributed by atoms with Gasteiger partial charge in [-0.2, -0.15) is 0 Å². The molecule has 1 aliphatic heterocycles. The standard InChI is InChI=1S/C16H18N4O2S/c1-10-8-20(23(2,21)22)9-13(10)11-3-5-17-14-7-19-16-12(15(11)14)4-6-18-16/h3-7,10,13,17H,8-9H2,1-2H3. The second-order valence-electron chi connectivity index (χ2n) is 6.33. The summed E-state index contributed by atoms with van der Waals surface area (Å²) in [6.07, 6.45) is 6.73. The SMILES string of the molecule is CC1CN(S(C)(=O)=O)CC1c1cc[nH]c2cnc3nccc3c12. The molecule has 4 heterocycles. The minimum atomic E-state index is -3.16. The summed E-state index contributed by atoms with van der Waals surface area (Å²) in [6, 6.07) is 4.03. The van der Waals surface area contributed by atoms with E-state index in [0.29, 0.717) is 13.1 Å². The molecule has 0 radical (unpaired) electrons. The Hall–Kier alpha value is -1.99. The number of hydrogen-bond donors (Lipinski definition) is 1. The summed E-state index contributed by atoms with van der Waals surface area (Å²) in [6.45, 7) is 3.20. The van der Waals surface area contributed by atoms with Crippen molar-refractivity contribution in [3.63, 3.8) is 0 Å². The number of nitrogens with one attached hydrogen (secondary N) is 1. The van der Waals surface area contributed by atoms with Crippen molar-refractivity contribution in [1.82, 2.24) is 19.3 Å². The zero-order valence-corrected chi connectivity index (χ0v) is 13.8. The quantitative estimate of drug-likeness (QED) is 0.780. The number of H-pyrrole nitrogens is 1. The molecule has 3 aromatic heterocycles. The van der Waals surface area contributed by atoms with Gasteiger partial charge in [-0.15, -0.1) is 0 Å². The molecule has 1 N–H and O–H groups in total. The Morgan fingerprint density at radius 3 is 2.83 bits per heavy atom. The van der Waals surface area contributed by atoms with E-state index in [1.807, 2.05) is 12.3 Å². The normalized spacial score (nSPS) is 23.0. The van der Waals surface area contributed by atoms with Crippen LogP contribution in [0.5, 0.6) is 0 Å². The van der Waals surface area contributed by atoms with Crippen molar-refractivity contribution in [3.05, 3.63) is 36.3 Å². The number of aromatic amines is 1. The highest BCUT2D eigenvalue weighted by Gasteiger charge is 2.36. The highest BCUT2D eigenvalue weighted by molar-refractivity contribution is 7.88. The van der Waals surface area contributed by atoms with Crippen LogP contribution in [0.3, 0.4) is 0 Å². The summed E-state index contributed by atoms with van der Waals surface area (Å²) < 4.78 is 25.4. The minimum Gasteiger partial charge on any atom is -0.360 e. The number of aromatic nitrogens is 3. The van der Waals surface area contributed by atoms with Crippen LogP contribution in [-0.4, -0.2) is 47.0 Å². The molecule has 120 valence electrons. The summed E-state index contributed by atoms with van der Waals surface area (Å²) in [5.74, 6) is 0.434. The van der Waals surface area contributed by atoms with Crippen molar-refractivity contribution in [2.75, 3.05) is 19.3 Å². The van der Waals surface area contributed by atoms with Crippen LogP contribution < -0.4 is 0 Å². The molecule has 6 nitrogen and oxygen atoms in total. The maximum Gasteiger partial charge on any atom is 0.211 e. The first-order chi connectivity index (χ1) is 10.9. The fraction of sp³-hybridized carbons (Fsp3) is 0.375. The van der Waals surface area contributed by atoms with Gasteiger partial charge in [0.05, 0.1) is 18.0 Å². The largest absolute Gasteiger partial charge is 0.360 e. The third-order valence-corrected chi connectivity index (χ3v) is 6.01. The number of rotatable bonds is 2. The fourth-order valence-electron chi connectivity index (χ4n) is 3.59. The number of fused-ring (bicyclic) bond motifs is 3. The van der Waals surface area contributed by atoms with Gasteiger partial charge in [0.25, 0.3) is 0 Å². The second kappa shape index (κ2) is 5.01. The molecule has 1 fully saturated rings. The maximum atomic E-state index is 11.9. The molecule has 3 aromatic rings. The van der Waals surface area contributed by atoms with Crippen molar-refractivity contribution in [1.29, 1.82) is 0 Å². The highest BCUT2D eigenvalue weighted by atomic mass is 32.2. The van der Waals surface area contributed by atoms with E-state index in [1.165, 1.54) is 6.26 Å². The number of nitrogens with zero attached hydrogens (tertiary/aromatic N) is 3. The van der Waals surface area contributed by atoms with Gasteiger partial charge in [0.1, 0.15) is 0 Å². The van der Waals surface area contributed by atoms with E-state index >= 15 is 0 Å². The Kier molecular flexibility index (Phi) is 3.18. The fourth-order valence-corrected chi connectivity index (χ4v) is 4.53. The van der Waals surface area contributed by atoms with Crippen LogP contribution in [-0.2, 0) is 10.0 Å². The molecule has 0 amide bonds. The van der Waals surface area contributed by atoms with Crippen LogP contribution in [0.4, 0.5) is 0 Å². The summed E-state index contributed by atoms with van der Waals surface area (Å²) in [7, 11) is -3.16. The summed E-state index contributed by atoms with van der Waals surface area (Å²) in [5, 5.41) is 2.11. The van der Waals surface area contributed by atoms with Crippen LogP contribution >= 0.6 is 0 Å². The van der Waals surface area contributed by atoms with Crippen molar-refractivity contribution < 1.29 is 8.42 Å². The molecule has 0 saturated carbocycles. The van der Waals surface area contributed by atoms with Crippen molar-refractivity contribution in [2.24, 2.45) is 5.92 Å². The average Bonchev–Trinajstić information content (AvgIpc) is 3.12. The number of sulfonamides is 1. The van der Waals surface area contributed by atoms with Crippen LogP contribution in [0.2, 0.25) is 0 Å². The first-order valence-corrected chi connectivity index (χ1v) is 9.46. The predicted molar refractivity (Wildman–Crippen MR) is 89.7 cm³/mol.